The second-order valence-electron chi connectivity index (χ2n) is 5.12. The molecule has 1 fully saturated rings. The maximum Gasteiger partial charge on any atom is 0.309 e. The summed E-state index contributed by atoms with van der Waals surface area (Å²) in [6, 6.07) is 0.517. The molecule has 0 radical (unpaired) electrons. The third kappa shape index (κ3) is 2.71. The number of nitrogens with one attached hydrogen (secondary N) is 1. The third-order valence-corrected chi connectivity index (χ3v) is 2.99. The van der Waals surface area contributed by atoms with Gasteiger partial charge in [0.15, 0.2) is 0 Å². The first-order valence-electron chi connectivity index (χ1n) is 5.26. The van der Waals surface area contributed by atoms with Gasteiger partial charge in [-0.25, -0.2) is 0 Å². The molecule has 3 heteroatoms. The summed E-state index contributed by atoms with van der Waals surface area (Å²) in [4.78, 5) is 11.3. The Kier molecular flexibility index (Phi) is 3.53. The fraction of sp³-hybridized carbons (Fsp3) is 0.909. The van der Waals surface area contributed by atoms with Crippen LogP contribution >= 0.6 is 0 Å². The minimum atomic E-state index is -0.0788. The lowest BCUT2D eigenvalue weighted by atomic mass is 9.80. The number of carbonyl (C=O) groups is 1. The van der Waals surface area contributed by atoms with Crippen molar-refractivity contribution in [1.29, 1.82) is 0 Å². The average Bonchev–Trinajstić information content (AvgIpc) is 2.15. The Bertz CT molecular complexity index is 200. The first-order chi connectivity index (χ1) is 6.45. The lowest BCUT2D eigenvalue weighted by Crippen LogP contribution is -2.48. The van der Waals surface area contributed by atoms with Crippen LogP contribution in [-0.2, 0) is 9.53 Å². The van der Waals surface area contributed by atoms with Crippen LogP contribution in [0.1, 0.15) is 33.6 Å². The van der Waals surface area contributed by atoms with Crippen molar-refractivity contribution in [3.05, 3.63) is 0 Å². The van der Waals surface area contributed by atoms with Gasteiger partial charge in [-0.3, -0.25) is 4.79 Å². The summed E-state index contributed by atoms with van der Waals surface area (Å²) in [5.74, 6) is -0.0246. The molecule has 0 bridgehead atoms. The zero-order chi connectivity index (χ0) is 10.8. The summed E-state index contributed by atoms with van der Waals surface area (Å²) in [5, 5.41) is 3.42. The number of methoxy groups -OCH3 is 1. The number of rotatable bonds is 1. The number of hydrogen-bond acceptors (Lipinski definition) is 3. The normalized spacial score (nSPS) is 28.6. The van der Waals surface area contributed by atoms with Gasteiger partial charge in [-0.05, 0) is 18.3 Å². The monoisotopic (exact) mass is 199 g/mol. The van der Waals surface area contributed by atoms with E-state index in [9.17, 15) is 4.79 Å². The molecule has 14 heavy (non-hydrogen) atoms. The van der Waals surface area contributed by atoms with Crippen molar-refractivity contribution in [1.82, 2.24) is 5.32 Å². The molecule has 0 aromatic heterocycles. The Hall–Kier alpha value is -0.570. The molecule has 1 saturated heterocycles. The smallest absolute Gasteiger partial charge is 0.309 e. The largest absolute Gasteiger partial charge is 0.469 e. The number of esters is 1. The first-order valence-corrected chi connectivity index (χ1v) is 5.26. The lowest BCUT2D eigenvalue weighted by molar-refractivity contribution is -0.146. The molecule has 0 aromatic carbocycles. The second-order valence-corrected chi connectivity index (χ2v) is 5.12. The molecule has 1 N–H and O–H groups in total. The van der Waals surface area contributed by atoms with E-state index in [1.54, 1.807) is 0 Å². The van der Waals surface area contributed by atoms with Gasteiger partial charge in [0.1, 0.15) is 0 Å². The van der Waals surface area contributed by atoms with Gasteiger partial charge in [0.2, 0.25) is 0 Å². The Morgan fingerprint density at radius 1 is 1.36 bits per heavy atom. The highest BCUT2D eigenvalue weighted by molar-refractivity contribution is 5.72. The van der Waals surface area contributed by atoms with Crippen LogP contribution in [0, 0.1) is 11.3 Å². The van der Waals surface area contributed by atoms with Crippen molar-refractivity contribution in [2.45, 2.75) is 39.7 Å². The zero-order valence-corrected chi connectivity index (χ0v) is 9.59. The summed E-state index contributed by atoms with van der Waals surface area (Å²) >= 11 is 0. The number of carbonyl (C=O) groups excluding carboxylic acids is 1. The van der Waals surface area contributed by atoms with Crippen molar-refractivity contribution >= 4 is 5.97 Å². The molecule has 3 nitrogen and oxygen atoms in total. The first kappa shape index (κ1) is 11.5. The fourth-order valence-electron chi connectivity index (χ4n) is 1.96. The minimum absolute atomic E-state index is 0.0543. The van der Waals surface area contributed by atoms with Crippen LogP contribution in [0.5, 0.6) is 0 Å². The topological polar surface area (TPSA) is 38.3 Å². The van der Waals surface area contributed by atoms with Crippen LogP contribution < -0.4 is 5.32 Å². The van der Waals surface area contributed by atoms with Crippen LogP contribution in [-0.4, -0.2) is 25.7 Å². The Balaban J connectivity index is 2.43. The maximum atomic E-state index is 11.3. The predicted molar refractivity (Wildman–Crippen MR) is 56.0 cm³/mol. The molecular weight excluding hydrogens is 178 g/mol. The lowest BCUT2D eigenvalue weighted by Gasteiger charge is -2.37. The standard InChI is InChI=1S/C11H21NO2/c1-11(2,3)9-6-5-8(7-12-9)10(13)14-4/h8-9,12H,5-7H2,1-4H3. The van der Waals surface area contributed by atoms with Crippen LogP contribution in [0.15, 0.2) is 0 Å². The summed E-state index contributed by atoms with van der Waals surface area (Å²) in [6.45, 7) is 7.43. The van der Waals surface area contributed by atoms with E-state index in [-0.39, 0.29) is 17.3 Å². The number of piperidine rings is 1. The molecular formula is C11H21NO2. The predicted octanol–water partition coefficient (Wildman–Crippen LogP) is 1.57. The van der Waals surface area contributed by atoms with Gasteiger partial charge in [-0.15, -0.1) is 0 Å². The van der Waals surface area contributed by atoms with E-state index < -0.39 is 0 Å². The van der Waals surface area contributed by atoms with E-state index in [2.05, 4.69) is 26.1 Å². The molecule has 2 atom stereocenters. The summed E-state index contributed by atoms with van der Waals surface area (Å²) in [7, 11) is 1.46. The third-order valence-electron chi connectivity index (χ3n) is 2.99. The quantitative estimate of drug-likeness (QED) is 0.651. The SMILES string of the molecule is COC(=O)C1CCC(C(C)(C)C)NC1. The van der Waals surface area contributed by atoms with E-state index >= 15 is 0 Å². The summed E-state index contributed by atoms with van der Waals surface area (Å²) < 4.78 is 4.73. The number of ether oxygens (including phenoxy) is 1. The number of hydrogen-bond donors (Lipinski definition) is 1. The van der Waals surface area contributed by atoms with Gasteiger partial charge in [0, 0.05) is 12.6 Å². The summed E-state index contributed by atoms with van der Waals surface area (Å²) in [6.07, 6.45) is 2.00. The van der Waals surface area contributed by atoms with E-state index in [0.29, 0.717) is 6.04 Å². The second kappa shape index (κ2) is 4.30. The molecule has 0 aromatic rings. The molecule has 1 rings (SSSR count). The van der Waals surface area contributed by atoms with Crippen LogP contribution in [0.3, 0.4) is 0 Å². The van der Waals surface area contributed by atoms with Gasteiger partial charge in [-0.2, -0.15) is 0 Å². The highest BCUT2D eigenvalue weighted by Crippen LogP contribution is 2.27. The molecule has 0 spiro atoms. The Labute approximate surface area is 86.2 Å². The molecule has 0 amide bonds. The molecule has 82 valence electrons. The molecule has 1 aliphatic heterocycles. The molecule has 2 unspecified atom stereocenters. The average molecular weight is 199 g/mol. The van der Waals surface area contributed by atoms with E-state index in [1.807, 2.05) is 0 Å². The molecule has 1 heterocycles. The van der Waals surface area contributed by atoms with E-state index in [0.717, 1.165) is 19.4 Å². The molecule has 0 saturated carbocycles. The Morgan fingerprint density at radius 3 is 2.36 bits per heavy atom. The van der Waals surface area contributed by atoms with E-state index in [1.165, 1.54) is 7.11 Å². The van der Waals surface area contributed by atoms with Gasteiger partial charge in [0.05, 0.1) is 13.0 Å². The maximum absolute atomic E-state index is 11.3. The molecule has 0 aliphatic carbocycles. The van der Waals surface area contributed by atoms with Crippen molar-refractivity contribution in [2.75, 3.05) is 13.7 Å². The van der Waals surface area contributed by atoms with Gasteiger partial charge >= 0.3 is 5.97 Å². The highest BCUT2D eigenvalue weighted by Gasteiger charge is 2.32. The van der Waals surface area contributed by atoms with Crippen LogP contribution in [0.4, 0.5) is 0 Å². The van der Waals surface area contributed by atoms with Crippen molar-refractivity contribution in [3.8, 4) is 0 Å². The van der Waals surface area contributed by atoms with E-state index in [4.69, 9.17) is 4.74 Å². The minimum Gasteiger partial charge on any atom is -0.469 e. The fourth-order valence-corrected chi connectivity index (χ4v) is 1.96. The van der Waals surface area contributed by atoms with Gasteiger partial charge in [-0.1, -0.05) is 20.8 Å². The van der Waals surface area contributed by atoms with Crippen LogP contribution in [0.25, 0.3) is 0 Å². The Morgan fingerprint density at radius 2 is 2.00 bits per heavy atom. The van der Waals surface area contributed by atoms with Crippen LogP contribution in [0.2, 0.25) is 0 Å². The summed E-state index contributed by atoms with van der Waals surface area (Å²) in [5.41, 5.74) is 0.279. The van der Waals surface area contributed by atoms with Crippen molar-refractivity contribution in [2.24, 2.45) is 11.3 Å². The van der Waals surface area contributed by atoms with Gasteiger partial charge in [0.25, 0.3) is 0 Å². The van der Waals surface area contributed by atoms with Crippen molar-refractivity contribution in [3.63, 3.8) is 0 Å². The zero-order valence-electron chi connectivity index (χ0n) is 9.59. The highest BCUT2D eigenvalue weighted by atomic mass is 16.5. The van der Waals surface area contributed by atoms with Gasteiger partial charge < -0.3 is 10.1 Å². The van der Waals surface area contributed by atoms with Crippen molar-refractivity contribution < 1.29 is 9.53 Å². The molecule has 1 aliphatic rings.